The molecule has 1 heterocycles. The molecule has 0 aliphatic carbocycles. The summed E-state index contributed by atoms with van der Waals surface area (Å²) < 4.78 is 0. The second kappa shape index (κ2) is 5.60. The van der Waals surface area contributed by atoms with Crippen LogP contribution in [0.2, 0.25) is 0 Å². The van der Waals surface area contributed by atoms with Gasteiger partial charge in [0.25, 0.3) is 0 Å². The van der Waals surface area contributed by atoms with Crippen LogP contribution in [-0.2, 0) is 0 Å². The zero-order valence-electron chi connectivity index (χ0n) is 8.96. The molecule has 1 rings (SSSR count). The van der Waals surface area contributed by atoms with Crippen LogP contribution in [0.3, 0.4) is 0 Å². The van der Waals surface area contributed by atoms with Crippen molar-refractivity contribution in [2.75, 3.05) is 18.4 Å². The van der Waals surface area contributed by atoms with E-state index in [1.807, 2.05) is 19.2 Å². The fraction of sp³-hybridized carbons (Fsp3) is 0.545. The number of rotatable bonds is 5. The number of anilines is 1. The molecule has 0 aliphatic heterocycles. The van der Waals surface area contributed by atoms with Gasteiger partial charge in [-0.3, -0.25) is 0 Å². The summed E-state index contributed by atoms with van der Waals surface area (Å²) in [4.78, 5) is 4.27. The fourth-order valence-electron chi connectivity index (χ4n) is 1.24. The predicted octanol–water partition coefficient (Wildman–Crippen LogP) is 1.79. The first kappa shape index (κ1) is 11.0. The van der Waals surface area contributed by atoms with Gasteiger partial charge in [-0.2, -0.15) is 0 Å². The van der Waals surface area contributed by atoms with E-state index in [0.29, 0.717) is 5.92 Å². The molecule has 0 spiro atoms. The molecule has 0 saturated heterocycles. The maximum absolute atomic E-state index is 5.47. The Balaban J connectivity index is 2.34. The largest absolute Gasteiger partial charge is 0.370 e. The second-order valence-corrected chi connectivity index (χ2v) is 3.78. The van der Waals surface area contributed by atoms with Crippen LogP contribution in [0.1, 0.15) is 18.9 Å². The van der Waals surface area contributed by atoms with E-state index in [2.05, 4.69) is 23.3 Å². The SMILES string of the molecule is Cc1ccc(NCC(C)CCN)nc1. The Morgan fingerprint density at radius 3 is 2.86 bits per heavy atom. The zero-order chi connectivity index (χ0) is 10.4. The minimum Gasteiger partial charge on any atom is -0.370 e. The summed E-state index contributed by atoms with van der Waals surface area (Å²) in [5, 5.41) is 3.29. The van der Waals surface area contributed by atoms with E-state index in [1.54, 1.807) is 0 Å². The third-order valence-corrected chi connectivity index (χ3v) is 2.20. The highest BCUT2D eigenvalue weighted by molar-refractivity contribution is 5.35. The van der Waals surface area contributed by atoms with Crippen LogP contribution in [0.4, 0.5) is 5.82 Å². The third kappa shape index (κ3) is 3.75. The van der Waals surface area contributed by atoms with E-state index in [4.69, 9.17) is 5.73 Å². The Morgan fingerprint density at radius 2 is 2.29 bits per heavy atom. The smallest absolute Gasteiger partial charge is 0.125 e. The Labute approximate surface area is 85.7 Å². The molecule has 14 heavy (non-hydrogen) atoms. The first-order valence-electron chi connectivity index (χ1n) is 5.09. The summed E-state index contributed by atoms with van der Waals surface area (Å²) in [5.74, 6) is 1.54. The van der Waals surface area contributed by atoms with Gasteiger partial charge in [-0.05, 0) is 37.4 Å². The Hall–Kier alpha value is -1.09. The number of hydrogen-bond acceptors (Lipinski definition) is 3. The molecule has 3 nitrogen and oxygen atoms in total. The summed E-state index contributed by atoms with van der Waals surface area (Å²) in [6.07, 6.45) is 2.93. The molecule has 0 fully saturated rings. The number of pyridine rings is 1. The Morgan fingerprint density at radius 1 is 1.50 bits per heavy atom. The van der Waals surface area contributed by atoms with E-state index in [0.717, 1.165) is 25.3 Å². The molecule has 1 aromatic rings. The molecule has 3 N–H and O–H groups in total. The molecule has 1 atom stereocenters. The van der Waals surface area contributed by atoms with E-state index in [-0.39, 0.29) is 0 Å². The molecule has 0 aromatic carbocycles. The average molecular weight is 193 g/mol. The van der Waals surface area contributed by atoms with Gasteiger partial charge in [0.1, 0.15) is 5.82 Å². The molecular formula is C11H19N3. The quantitative estimate of drug-likeness (QED) is 0.749. The van der Waals surface area contributed by atoms with E-state index < -0.39 is 0 Å². The number of nitrogens with two attached hydrogens (primary N) is 1. The molecule has 0 saturated carbocycles. The number of hydrogen-bond donors (Lipinski definition) is 2. The lowest BCUT2D eigenvalue weighted by atomic mass is 10.1. The number of nitrogens with zero attached hydrogens (tertiary/aromatic N) is 1. The summed E-state index contributed by atoms with van der Waals surface area (Å²) in [5.41, 5.74) is 6.66. The van der Waals surface area contributed by atoms with Gasteiger partial charge in [0.2, 0.25) is 0 Å². The molecule has 0 radical (unpaired) electrons. The summed E-state index contributed by atoms with van der Waals surface area (Å²) in [6.45, 7) is 5.92. The Kier molecular flexibility index (Phi) is 4.40. The second-order valence-electron chi connectivity index (χ2n) is 3.78. The van der Waals surface area contributed by atoms with Crippen LogP contribution in [0, 0.1) is 12.8 Å². The van der Waals surface area contributed by atoms with Gasteiger partial charge in [0.15, 0.2) is 0 Å². The average Bonchev–Trinajstić information content (AvgIpc) is 2.17. The van der Waals surface area contributed by atoms with Gasteiger partial charge in [-0.25, -0.2) is 4.98 Å². The summed E-state index contributed by atoms with van der Waals surface area (Å²) in [7, 11) is 0. The molecule has 3 heteroatoms. The maximum atomic E-state index is 5.47. The summed E-state index contributed by atoms with van der Waals surface area (Å²) in [6, 6.07) is 4.06. The van der Waals surface area contributed by atoms with Crippen molar-refractivity contribution in [1.29, 1.82) is 0 Å². The van der Waals surface area contributed by atoms with Crippen molar-refractivity contribution in [3.8, 4) is 0 Å². The highest BCUT2D eigenvalue weighted by Crippen LogP contribution is 2.06. The molecule has 1 unspecified atom stereocenters. The van der Waals surface area contributed by atoms with Crippen molar-refractivity contribution in [2.45, 2.75) is 20.3 Å². The van der Waals surface area contributed by atoms with Gasteiger partial charge in [0, 0.05) is 12.7 Å². The molecular weight excluding hydrogens is 174 g/mol. The van der Waals surface area contributed by atoms with Gasteiger partial charge in [-0.1, -0.05) is 13.0 Å². The summed E-state index contributed by atoms with van der Waals surface area (Å²) >= 11 is 0. The van der Waals surface area contributed by atoms with E-state index in [1.165, 1.54) is 5.56 Å². The standard InChI is InChI=1S/C11H19N3/c1-9-3-4-11(13-7-9)14-8-10(2)5-6-12/h3-4,7,10H,5-6,8,12H2,1-2H3,(H,13,14). The molecule has 78 valence electrons. The van der Waals surface area contributed by atoms with Crippen LogP contribution in [0.15, 0.2) is 18.3 Å². The van der Waals surface area contributed by atoms with Crippen LogP contribution in [0.5, 0.6) is 0 Å². The van der Waals surface area contributed by atoms with Crippen LogP contribution in [0.25, 0.3) is 0 Å². The van der Waals surface area contributed by atoms with Crippen molar-refractivity contribution in [2.24, 2.45) is 11.7 Å². The number of aromatic nitrogens is 1. The zero-order valence-corrected chi connectivity index (χ0v) is 8.96. The lowest BCUT2D eigenvalue weighted by molar-refractivity contribution is 0.567. The van der Waals surface area contributed by atoms with E-state index >= 15 is 0 Å². The molecule has 0 amide bonds. The maximum Gasteiger partial charge on any atom is 0.125 e. The minimum absolute atomic E-state index is 0.600. The minimum atomic E-state index is 0.600. The highest BCUT2D eigenvalue weighted by atomic mass is 15.0. The van der Waals surface area contributed by atoms with Crippen LogP contribution in [-0.4, -0.2) is 18.1 Å². The van der Waals surface area contributed by atoms with Gasteiger partial charge >= 0.3 is 0 Å². The van der Waals surface area contributed by atoms with Crippen molar-refractivity contribution >= 4 is 5.82 Å². The van der Waals surface area contributed by atoms with Crippen molar-refractivity contribution in [1.82, 2.24) is 4.98 Å². The normalized spacial score (nSPS) is 12.5. The number of aryl methyl sites for hydroxylation is 1. The first-order valence-corrected chi connectivity index (χ1v) is 5.09. The Bertz CT molecular complexity index is 256. The molecule has 0 bridgehead atoms. The van der Waals surface area contributed by atoms with Crippen molar-refractivity contribution < 1.29 is 0 Å². The topological polar surface area (TPSA) is 50.9 Å². The van der Waals surface area contributed by atoms with Gasteiger partial charge < -0.3 is 11.1 Å². The molecule has 1 aromatic heterocycles. The fourth-order valence-corrected chi connectivity index (χ4v) is 1.24. The third-order valence-electron chi connectivity index (χ3n) is 2.20. The first-order chi connectivity index (χ1) is 6.72. The van der Waals surface area contributed by atoms with Crippen LogP contribution < -0.4 is 11.1 Å². The predicted molar refractivity (Wildman–Crippen MR) is 60.3 cm³/mol. The number of nitrogens with one attached hydrogen (secondary N) is 1. The van der Waals surface area contributed by atoms with Crippen molar-refractivity contribution in [3.05, 3.63) is 23.9 Å². The van der Waals surface area contributed by atoms with Gasteiger partial charge in [0.05, 0.1) is 0 Å². The van der Waals surface area contributed by atoms with Crippen LogP contribution >= 0.6 is 0 Å². The highest BCUT2D eigenvalue weighted by Gasteiger charge is 2.00. The van der Waals surface area contributed by atoms with E-state index in [9.17, 15) is 0 Å². The molecule has 0 aliphatic rings. The van der Waals surface area contributed by atoms with Crippen molar-refractivity contribution in [3.63, 3.8) is 0 Å². The monoisotopic (exact) mass is 193 g/mol. The van der Waals surface area contributed by atoms with Gasteiger partial charge in [-0.15, -0.1) is 0 Å². The lowest BCUT2D eigenvalue weighted by Gasteiger charge is -2.11. The lowest BCUT2D eigenvalue weighted by Crippen LogP contribution is -2.15.